The summed E-state index contributed by atoms with van der Waals surface area (Å²) in [6, 6.07) is 8.70. The molecule has 0 bridgehead atoms. The minimum atomic E-state index is -3.41. The molecule has 0 spiro atoms. The summed E-state index contributed by atoms with van der Waals surface area (Å²) < 4.78 is 26.9. The van der Waals surface area contributed by atoms with E-state index in [0.717, 1.165) is 12.0 Å². The molecule has 1 heterocycles. The topological polar surface area (TPSA) is 61.2 Å². The second kappa shape index (κ2) is 5.78. The second-order valence-electron chi connectivity index (χ2n) is 6.69. The number of sulfonamides is 1. The second-order valence-corrected chi connectivity index (χ2v) is 8.63. The van der Waals surface area contributed by atoms with Crippen LogP contribution in [0.5, 0.6) is 0 Å². The summed E-state index contributed by atoms with van der Waals surface area (Å²) >= 11 is 0. The fraction of sp³-hybridized carbons (Fsp3) is 0.562. The van der Waals surface area contributed by atoms with Gasteiger partial charge in [0, 0.05) is 13.1 Å². The van der Waals surface area contributed by atoms with Gasteiger partial charge in [-0.2, -0.15) is 9.57 Å². The number of rotatable bonds is 3. The summed E-state index contributed by atoms with van der Waals surface area (Å²) in [6.45, 7) is 7.65. The first-order valence-corrected chi connectivity index (χ1v) is 8.65. The van der Waals surface area contributed by atoms with Crippen molar-refractivity contribution in [1.29, 1.82) is 5.26 Å². The van der Waals surface area contributed by atoms with Crippen LogP contribution in [0, 0.1) is 22.7 Å². The minimum Gasteiger partial charge on any atom is -0.207 e. The van der Waals surface area contributed by atoms with Gasteiger partial charge >= 0.3 is 0 Å². The Labute approximate surface area is 127 Å². The van der Waals surface area contributed by atoms with Crippen LogP contribution in [0.15, 0.2) is 29.2 Å². The maximum Gasteiger partial charge on any atom is 0.243 e. The molecule has 4 nitrogen and oxygen atoms in total. The number of nitrogens with zero attached hydrogens (tertiary/aromatic N) is 2. The van der Waals surface area contributed by atoms with Crippen molar-refractivity contribution in [2.75, 3.05) is 13.1 Å². The highest BCUT2D eigenvalue weighted by Crippen LogP contribution is 2.35. The smallest absolute Gasteiger partial charge is 0.207 e. The summed E-state index contributed by atoms with van der Waals surface area (Å²) in [4.78, 5) is 0.318. The molecule has 1 atom stereocenters. The number of hydrogen-bond acceptors (Lipinski definition) is 3. The Kier molecular flexibility index (Phi) is 4.40. The molecule has 1 aromatic rings. The quantitative estimate of drug-likeness (QED) is 0.862. The van der Waals surface area contributed by atoms with Crippen molar-refractivity contribution >= 4 is 10.0 Å². The zero-order chi connectivity index (χ0) is 15.7. The standard InChI is InChI=1S/C16H22N2O2S/c1-16(2,3)14-9-11-18(12-14)21(19,20)15-6-4-13(5-7-15)8-10-17/h4-7,14H,8-9,11-12H2,1-3H3. The predicted octanol–water partition coefficient (Wildman–Crippen LogP) is 2.81. The van der Waals surface area contributed by atoms with Gasteiger partial charge in [0.15, 0.2) is 0 Å². The van der Waals surface area contributed by atoms with Crippen LogP contribution in [0.4, 0.5) is 0 Å². The van der Waals surface area contributed by atoms with Crippen LogP contribution in [0.2, 0.25) is 0 Å². The van der Waals surface area contributed by atoms with E-state index >= 15 is 0 Å². The van der Waals surface area contributed by atoms with Gasteiger partial charge in [-0.1, -0.05) is 32.9 Å². The highest BCUT2D eigenvalue weighted by molar-refractivity contribution is 7.89. The Hall–Kier alpha value is -1.38. The Morgan fingerprint density at radius 1 is 1.29 bits per heavy atom. The van der Waals surface area contributed by atoms with Crippen LogP contribution in [0.3, 0.4) is 0 Å². The maximum absolute atomic E-state index is 12.6. The largest absolute Gasteiger partial charge is 0.243 e. The zero-order valence-electron chi connectivity index (χ0n) is 12.8. The lowest BCUT2D eigenvalue weighted by molar-refractivity contribution is 0.252. The first-order chi connectivity index (χ1) is 9.75. The van der Waals surface area contributed by atoms with Crippen molar-refractivity contribution in [3.8, 4) is 6.07 Å². The molecule has 0 N–H and O–H groups in total. The fourth-order valence-corrected chi connectivity index (χ4v) is 4.17. The highest BCUT2D eigenvalue weighted by Gasteiger charge is 2.37. The average Bonchev–Trinajstić information content (AvgIpc) is 2.90. The van der Waals surface area contributed by atoms with Crippen LogP contribution in [-0.4, -0.2) is 25.8 Å². The van der Waals surface area contributed by atoms with Crippen LogP contribution < -0.4 is 0 Å². The van der Waals surface area contributed by atoms with Crippen molar-refractivity contribution < 1.29 is 8.42 Å². The molecule has 0 amide bonds. The van der Waals surface area contributed by atoms with E-state index in [1.165, 1.54) is 0 Å². The molecule has 114 valence electrons. The van der Waals surface area contributed by atoms with Crippen molar-refractivity contribution in [2.24, 2.45) is 11.3 Å². The van der Waals surface area contributed by atoms with Gasteiger partial charge in [0.25, 0.3) is 0 Å². The molecule has 0 aromatic heterocycles. The van der Waals surface area contributed by atoms with E-state index in [4.69, 9.17) is 5.26 Å². The van der Waals surface area contributed by atoms with E-state index in [1.54, 1.807) is 28.6 Å². The Morgan fingerprint density at radius 2 is 1.90 bits per heavy atom. The average molecular weight is 306 g/mol. The van der Waals surface area contributed by atoms with Crippen LogP contribution in [-0.2, 0) is 16.4 Å². The van der Waals surface area contributed by atoms with Gasteiger partial charge in [0.1, 0.15) is 0 Å². The monoisotopic (exact) mass is 306 g/mol. The molecule has 1 saturated heterocycles. The lowest BCUT2D eigenvalue weighted by Crippen LogP contribution is -2.31. The van der Waals surface area contributed by atoms with E-state index in [9.17, 15) is 8.42 Å². The normalized spacial score (nSPS) is 20.4. The summed E-state index contributed by atoms with van der Waals surface area (Å²) in [6.07, 6.45) is 1.21. The van der Waals surface area contributed by atoms with Gasteiger partial charge in [-0.05, 0) is 35.4 Å². The first kappa shape index (κ1) is 16.0. The summed E-state index contributed by atoms with van der Waals surface area (Å²) in [7, 11) is -3.41. The third-order valence-electron chi connectivity index (χ3n) is 4.22. The molecule has 0 aliphatic carbocycles. The lowest BCUT2D eigenvalue weighted by atomic mass is 9.80. The number of hydrogen-bond donors (Lipinski definition) is 0. The molecule has 0 radical (unpaired) electrons. The fourth-order valence-electron chi connectivity index (χ4n) is 2.67. The van der Waals surface area contributed by atoms with Crippen molar-refractivity contribution in [1.82, 2.24) is 4.31 Å². The van der Waals surface area contributed by atoms with Gasteiger partial charge in [0.05, 0.1) is 17.4 Å². The Bertz CT molecular complexity index is 636. The maximum atomic E-state index is 12.6. The van der Waals surface area contributed by atoms with E-state index < -0.39 is 10.0 Å². The van der Waals surface area contributed by atoms with Gasteiger partial charge in [-0.25, -0.2) is 8.42 Å². The van der Waals surface area contributed by atoms with Crippen molar-refractivity contribution in [3.63, 3.8) is 0 Å². The van der Waals surface area contributed by atoms with Gasteiger partial charge < -0.3 is 0 Å². The van der Waals surface area contributed by atoms with Crippen molar-refractivity contribution in [3.05, 3.63) is 29.8 Å². The van der Waals surface area contributed by atoms with E-state index in [1.807, 2.05) is 0 Å². The zero-order valence-corrected chi connectivity index (χ0v) is 13.7. The predicted molar refractivity (Wildman–Crippen MR) is 82.1 cm³/mol. The minimum absolute atomic E-state index is 0.126. The lowest BCUT2D eigenvalue weighted by Gasteiger charge is -2.26. The molecular formula is C16H22N2O2S. The molecule has 1 fully saturated rings. The summed E-state index contributed by atoms with van der Waals surface area (Å²) in [5.41, 5.74) is 0.964. The molecule has 5 heteroatoms. The third-order valence-corrected chi connectivity index (χ3v) is 6.10. The van der Waals surface area contributed by atoms with E-state index in [0.29, 0.717) is 30.3 Å². The molecule has 1 aliphatic heterocycles. The molecule has 0 saturated carbocycles. The van der Waals surface area contributed by atoms with Crippen LogP contribution in [0.25, 0.3) is 0 Å². The van der Waals surface area contributed by atoms with Crippen molar-refractivity contribution in [2.45, 2.75) is 38.5 Å². The molecule has 1 aromatic carbocycles. The van der Waals surface area contributed by atoms with E-state index in [-0.39, 0.29) is 5.41 Å². The molecule has 1 aliphatic rings. The Morgan fingerprint density at radius 3 is 2.38 bits per heavy atom. The highest BCUT2D eigenvalue weighted by atomic mass is 32.2. The number of benzene rings is 1. The van der Waals surface area contributed by atoms with Crippen LogP contribution >= 0.6 is 0 Å². The first-order valence-electron chi connectivity index (χ1n) is 7.21. The van der Waals surface area contributed by atoms with Gasteiger partial charge in [-0.3, -0.25) is 0 Å². The third kappa shape index (κ3) is 3.45. The number of nitriles is 1. The van der Waals surface area contributed by atoms with Gasteiger partial charge in [-0.15, -0.1) is 0 Å². The van der Waals surface area contributed by atoms with Gasteiger partial charge in [0.2, 0.25) is 10.0 Å². The van der Waals surface area contributed by atoms with E-state index in [2.05, 4.69) is 26.8 Å². The summed E-state index contributed by atoms with van der Waals surface area (Å²) in [5, 5.41) is 8.65. The Balaban J connectivity index is 2.18. The molecule has 21 heavy (non-hydrogen) atoms. The summed E-state index contributed by atoms with van der Waals surface area (Å²) in [5.74, 6) is 0.394. The molecule has 2 rings (SSSR count). The molecule has 1 unspecified atom stereocenters. The van der Waals surface area contributed by atoms with Crippen LogP contribution in [0.1, 0.15) is 32.8 Å². The SMILES string of the molecule is CC(C)(C)C1CCN(S(=O)(=O)c2ccc(CC#N)cc2)C1. The molecular weight excluding hydrogens is 284 g/mol.